The second-order valence-electron chi connectivity index (χ2n) is 6.06. The third kappa shape index (κ3) is 4.18. The quantitative estimate of drug-likeness (QED) is 0.805. The van der Waals surface area contributed by atoms with Crippen LogP contribution in [0.1, 0.15) is 58.3 Å². The summed E-state index contributed by atoms with van der Waals surface area (Å²) in [4.78, 5) is 12.9. The van der Waals surface area contributed by atoms with Gasteiger partial charge in [-0.1, -0.05) is 26.2 Å². The fourth-order valence-corrected chi connectivity index (χ4v) is 3.51. The second-order valence-corrected chi connectivity index (χ2v) is 6.06. The zero-order valence-corrected chi connectivity index (χ0v) is 12.1. The Kier molecular flexibility index (Phi) is 5.22. The average molecular weight is 269 g/mol. The van der Waals surface area contributed by atoms with E-state index in [1.807, 2.05) is 0 Å². The van der Waals surface area contributed by atoms with Crippen LogP contribution < -0.4 is 0 Å². The third-order valence-electron chi connectivity index (χ3n) is 4.65. The van der Waals surface area contributed by atoms with Crippen molar-refractivity contribution < 1.29 is 14.6 Å². The first-order valence-electron chi connectivity index (χ1n) is 7.75. The molecule has 0 aromatic heterocycles. The number of carboxylic acid groups (broad SMARTS) is 1. The van der Waals surface area contributed by atoms with Gasteiger partial charge in [-0.15, -0.1) is 0 Å². The van der Waals surface area contributed by atoms with Gasteiger partial charge in [0.05, 0.1) is 18.1 Å². The van der Waals surface area contributed by atoms with Crippen LogP contribution >= 0.6 is 0 Å². The van der Waals surface area contributed by atoms with Gasteiger partial charge in [0.2, 0.25) is 0 Å². The van der Waals surface area contributed by atoms with Gasteiger partial charge >= 0.3 is 5.97 Å². The molecule has 1 aliphatic carbocycles. The van der Waals surface area contributed by atoms with Crippen LogP contribution in [0.3, 0.4) is 0 Å². The summed E-state index contributed by atoms with van der Waals surface area (Å²) in [5.74, 6) is -0.713. The van der Waals surface area contributed by atoms with Crippen molar-refractivity contribution in [1.29, 1.82) is 0 Å². The number of hydrogen-bond acceptors (Lipinski definition) is 3. The lowest BCUT2D eigenvalue weighted by molar-refractivity contribution is -0.137. The van der Waals surface area contributed by atoms with Crippen molar-refractivity contribution >= 4 is 5.97 Å². The van der Waals surface area contributed by atoms with Crippen molar-refractivity contribution in [3.63, 3.8) is 0 Å². The molecule has 1 aliphatic heterocycles. The Hall–Kier alpha value is -0.610. The first-order valence-corrected chi connectivity index (χ1v) is 7.75. The Morgan fingerprint density at radius 2 is 2.05 bits per heavy atom. The van der Waals surface area contributed by atoms with E-state index in [1.54, 1.807) is 0 Å². The van der Waals surface area contributed by atoms with E-state index in [0.29, 0.717) is 12.6 Å². The van der Waals surface area contributed by atoms with Gasteiger partial charge in [-0.2, -0.15) is 0 Å². The van der Waals surface area contributed by atoms with E-state index >= 15 is 0 Å². The van der Waals surface area contributed by atoms with E-state index in [2.05, 4.69) is 11.8 Å². The molecular formula is C15H27NO3. The molecule has 0 radical (unpaired) electrons. The molecule has 4 nitrogen and oxygen atoms in total. The smallest absolute Gasteiger partial charge is 0.304 e. The third-order valence-corrected chi connectivity index (χ3v) is 4.65. The van der Waals surface area contributed by atoms with E-state index < -0.39 is 5.97 Å². The predicted octanol–water partition coefficient (Wildman–Crippen LogP) is 2.66. The maximum atomic E-state index is 10.6. The molecule has 1 spiro atoms. The van der Waals surface area contributed by atoms with Crippen molar-refractivity contribution in [3.05, 3.63) is 0 Å². The van der Waals surface area contributed by atoms with Gasteiger partial charge in [-0.3, -0.25) is 4.79 Å². The fraction of sp³-hybridized carbons (Fsp3) is 0.933. The number of likely N-dealkylation sites (N-methyl/N-ethyl adjacent to an activating group) is 1. The highest BCUT2D eigenvalue weighted by atomic mass is 16.5. The first-order chi connectivity index (χ1) is 9.13. The number of aliphatic carboxylic acids is 1. The molecule has 1 saturated carbocycles. The van der Waals surface area contributed by atoms with Crippen LogP contribution in [0, 0.1) is 0 Å². The van der Waals surface area contributed by atoms with Crippen LogP contribution in [0.25, 0.3) is 0 Å². The van der Waals surface area contributed by atoms with Crippen LogP contribution in [-0.2, 0) is 9.53 Å². The number of ether oxygens (including phenoxy) is 1. The molecule has 1 N–H and O–H groups in total. The summed E-state index contributed by atoms with van der Waals surface area (Å²) in [6.45, 7) is 4.53. The SMILES string of the molecule is CCN(CCC(=O)O)CC1CCC2(CCCCC2)O1. The zero-order chi connectivity index (χ0) is 13.7. The molecule has 1 heterocycles. The standard InChI is InChI=1S/C15H27NO3/c1-2-16(11-7-14(17)18)12-13-6-10-15(19-13)8-4-3-5-9-15/h13H,2-12H2,1H3,(H,17,18). The molecule has 1 saturated heterocycles. The fourth-order valence-electron chi connectivity index (χ4n) is 3.51. The summed E-state index contributed by atoms with van der Waals surface area (Å²) < 4.78 is 6.34. The summed E-state index contributed by atoms with van der Waals surface area (Å²) in [6.07, 6.45) is 9.31. The molecule has 2 rings (SSSR count). The van der Waals surface area contributed by atoms with Gasteiger partial charge in [-0.05, 0) is 32.2 Å². The van der Waals surface area contributed by atoms with E-state index in [0.717, 1.165) is 19.5 Å². The lowest BCUT2D eigenvalue weighted by Crippen LogP contribution is -2.37. The van der Waals surface area contributed by atoms with Crippen LogP contribution in [0.5, 0.6) is 0 Å². The number of carboxylic acids is 1. The number of hydrogen-bond donors (Lipinski definition) is 1. The van der Waals surface area contributed by atoms with Crippen LogP contribution in [0.2, 0.25) is 0 Å². The van der Waals surface area contributed by atoms with Crippen molar-refractivity contribution in [2.24, 2.45) is 0 Å². The number of rotatable bonds is 6. The van der Waals surface area contributed by atoms with Crippen molar-refractivity contribution in [1.82, 2.24) is 4.90 Å². The molecule has 1 unspecified atom stereocenters. The molecule has 19 heavy (non-hydrogen) atoms. The van der Waals surface area contributed by atoms with Crippen LogP contribution in [0.4, 0.5) is 0 Å². The topological polar surface area (TPSA) is 49.8 Å². The molecule has 2 fully saturated rings. The van der Waals surface area contributed by atoms with Crippen molar-refractivity contribution in [3.8, 4) is 0 Å². The molecular weight excluding hydrogens is 242 g/mol. The summed E-state index contributed by atoms with van der Waals surface area (Å²) >= 11 is 0. The van der Waals surface area contributed by atoms with Crippen molar-refractivity contribution in [2.45, 2.75) is 70.0 Å². The maximum absolute atomic E-state index is 10.6. The second kappa shape index (κ2) is 6.71. The van der Waals surface area contributed by atoms with Crippen LogP contribution in [0.15, 0.2) is 0 Å². The van der Waals surface area contributed by atoms with E-state index in [9.17, 15) is 4.79 Å². The maximum Gasteiger partial charge on any atom is 0.304 e. The minimum Gasteiger partial charge on any atom is -0.481 e. The molecule has 0 aromatic carbocycles. The molecule has 0 bridgehead atoms. The molecule has 0 aromatic rings. The van der Waals surface area contributed by atoms with Gasteiger partial charge < -0.3 is 14.7 Å². The highest BCUT2D eigenvalue weighted by Gasteiger charge is 2.40. The van der Waals surface area contributed by atoms with E-state index in [1.165, 1.54) is 38.5 Å². The molecule has 4 heteroatoms. The summed E-state index contributed by atoms with van der Waals surface area (Å²) in [5.41, 5.74) is 0.176. The van der Waals surface area contributed by atoms with Gasteiger partial charge in [0.1, 0.15) is 0 Å². The van der Waals surface area contributed by atoms with Gasteiger partial charge in [0.25, 0.3) is 0 Å². The Morgan fingerprint density at radius 3 is 2.68 bits per heavy atom. The molecule has 1 atom stereocenters. The van der Waals surface area contributed by atoms with Gasteiger partial charge in [0, 0.05) is 13.1 Å². The van der Waals surface area contributed by atoms with Crippen LogP contribution in [-0.4, -0.2) is 47.3 Å². The molecule has 2 aliphatic rings. The van der Waals surface area contributed by atoms with Gasteiger partial charge in [0.15, 0.2) is 0 Å². The largest absolute Gasteiger partial charge is 0.481 e. The highest BCUT2D eigenvalue weighted by Crippen LogP contribution is 2.41. The normalized spacial score (nSPS) is 26.1. The van der Waals surface area contributed by atoms with Crippen molar-refractivity contribution in [2.75, 3.05) is 19.6 Å². The lowest BCUT2D eigenvalue weighted by Gasteiger charge is -2.34. The summed E-state index contributed by atoms with van der Waals surface area (Å²) in [6, 6.07) is 0. The molecule has 0 amide bonds. The summed E-state index contributed by atoms with van der Waals surface area (Å²) in [5, 5.41) is 8.76. The Bertz CT molecular complexity index is 300. The first kappa shape index (κ1) is 14.8. The zero-order valence-electron chi connectivity index (χ0n) is 12.1. The summed E-state index contributed by atoms with van der Waals surface area (Å²) in [7, 11) is 0. The minimum atomic E-state index is -0.713. The average Bonchev–Trinajstić information content (AvgIpc) is 2.78. The lowest BCUT2D eigenvalue weighted by atomic mass is 9.83. The number of carbonyl (C=O) groups is 1. The van der Waals surface area contributed by atoms with E-state index in [-0.39, 0.29) is 12.0 Å². The predicted molar refractivity (Wildman–Crippen MR) is 74.3 cm³/mol. The molecule has 110 valence electrons. The number of nitrogens with zero attached hydrogens (tertiary/aromatic N) is 1. The Balaban J connectivity index is 1.78. The van der Waals surface area contributed by atoms with E-state index in [4.69, 9.17) is 9.84 Å². The minimum absolute atomic E-state index is 0.176. The monoisotopic (exact) mass is 269 g/mol. The Labute approximate surface area is 116 Å². The van der Waals surface area contributed by atoms with Gasteiger partial charge in [-0.25, -0.2) is 0 Å². The Morgan fingerprint density at radius 1 is 1.32 bits per heavy atom. The highest BCUT2D eigenvalue weighted by molar-refractivity contribution is 5.66.